The van der Waals surface area contributed by atoms with E-state index in [1.807, 2.05) is 36.4 Å². The first-order valence-electron chi connectivity index (χ1n) is 10.4. The van der Waals surface area contributed by atoms with Crippen LogP contribution in [0.5, 0.6) is 11.5 Å². The number of unbranched alkanes of at least 4 members (excludes halogenated alkanes) is 1. The Morgan fingerprint density at radius 1 is 1.00 bits per heavy atom. The molecule has 2 rings (SSSR count). The molecule has 0 aliphatic carbocycles. The summed E-state index contributed by atoms with van der Waals surface area (Å²) in [6.07, 6.45) is 4.28. The Hall–Kier alpha value is -2.56. The van der Waals surface area contributed by atoms with Gasteiger partial charge in [0.2, 0.25) is 0 Å². The lowest BCUT2D eigenvalue weighted by molar-refractivity contribution is -0.132. The third-order valence-electron chi connectivity index (χ3n) is 4.30. The highest BCUT2D eigenvalue weighted by molar-refractivity contribution is 7.49. The summed E-state index contributed by atoms with van der Waals surface area (Å²) in [6.45, 7) is 9.23. The second-order valence-electron chi connectivity index (χ2n) is 7.05. The Kier molecular flexibility index (Phi) is 12.3. The van der Waals surface area contributed by atoms with E-state index in [0.29, 0.717) is 24.0 Å². The van der Waals surface area contributed by atoms with Crippen molar-refractivity contribution in [2.24, 2.45) is 5.92 Å². The molecule has 0 aliphatic rings. The molecule has 0 saturated carbocycles. The molecule has 7 heteroatoms. The zero-order chi connectivity index (χ0) is 23.1. The van der Waals surface area contributed by atoms with E-state index in [1.54, 1.807) is 24.3 Å². The molecule has 1 atom stereocenters. The number of phosphoric acid groups is 1. The average Bonchev–Trinajstić information content (AvgIpc) is 2.75. The number of hydrogen-bond acceptors (Lipinski definition) is 5. The molecule has 0 aromatic heterocycles. The highest BCUT2D eigenvalue weighted by Gasteiger charge is 2.31. The lowest BCUT2D eigenvalue weighted by Gasteiger charge is -2.21. The van der Waals surface area contributed by atoms with Gasteiger partial charge in [-0.2, -0.15) is 0 Å². The third-order valence-corrected chi connectivity index (χ3v) is 5.63. The quantitative estimate of drug-likeness (QED) is 0.275. The van der Waals surface area contributed by atoms with Gasteiger partial charge in [-0.1, -0.05) is 76.1 Å². The van der Waals surface area contributed by atoms with Crippen LogP contribution in [0.3, 0.4) is 0 Å². The summed E-state index contributed by atoms with van der Waals surface area (Å²) in [5, 5.41) is 7.89. The van der Waals surface area contributed by atoms with E-state index in [9.17, 15) is 9.36 Å². The first-order valence-corrected chi connectivity index (χ1v) is 11.9. The monoisotopic (exact) mass is 448 g/mol. The van der Waals surface area contributed by atoms with Gasteiger partial charge in [0.25, 0.3) is 0 Å². The van der Waals surface area contributed by atoms with Crippen LogP contribution >= 0.6 is 7.82 Å². The first kappa shape index (κ1) is 26.5. The minimum Gasteiger partial charge on any atom is -0.478 e. The molecule has 1 unspecified atom stereocenters. The summed E-state index contributed by atoms with van der Waals surface area (Å²) in [4.78, 5) is 9.60. The zero-order valence-corrected chi connectivity index (χ0v) is 19.4. The molecule has 1 N–H and O–H groups in total. The molecule has 6 nitrogen and oxygen atoms in total. The fourth-order valence-corrected chi connectivity index (χ4v) is 3.68. The smallest absolute Gasteiger partial charge is 0.478 e. The number of benzene rings is 2. The van der Waals surface area contributed by atoms with Crippen molar-refractivity contribution in [2.45, 2.75) is 46.5 Å². The molecule has 0 spiro atoms. The molecule has 0 amide bonds. The Morgan fingerprint density at radius 3 is 1.81 bits per heavy atom. The fraction of sp³-hybridized carbons (Fsp3) is 0.375. The van der Waals surface area contributed by atoms with E-state index in [2.05, 4.69) is 20.4 Å². The van der Waals surface area contributed by atoms with E-state index in [4.69, 9.17) is 18.7 Å². The maximum Gasteiger partial charge on any atom is 0.587 e. The molecule has 31 heavy (non-hydrogen) atoms. The van der Waals surface area contributed by atoms with Crippen molar-refractivity contribution < 1.29 is 28.0 Å². The zero-order valence-electron chi connectivity index (χ0n) is 18.5. The van der Waals surface area contributed by atoms with Crippen molar-refractivity contribution in [1.82, 2.24) is 0 Å². The number of carboxylic acid groups (broad SMARTS) is 1. The summed E-state index contributed by atoms with van der Waals surface area (Å²) in [7, 11) is -3.76. The first-order chi connectivity index (χ1) is 14.8. The molecule has 170 valence electrons. The van der Waals surface area contributed by atoms with Crippen LogP contribution in [0.15, 0.2) is 72.8 Å². The van der Waals surface area contributed by atoms with Gasteiger partial charge in [-0.15, -0.1) is 0 Å². The van der Waals surface area contributed by atoms with Gasteiger partial charge in [-0.25, -0.2) is 9.36 Å². The van der Waals surface area contributed by atoms with Gasteiger partial charge in [0.1, 0.15) is 11.5 Å². The van der Waals surface area contributed by atoms with E-state index >= 15 is 0 Å². The Bertz CT molecular complexity index is 765. The van der Waals surface area contributed by atoms with Crippen LogP contribution in [0.4, 0.5) is 0 Å². The number of rotatable bonds is 12. The van der Waals surface area contributed by atoms with Crippen molar-refractivity contribution in [1.29, 1.82) is 0 Å². The molecule has 0 aliphatic heterocycles. The third kappa shape index (κ3) is 11.4. The average molecular weight is 448 g/mol. The maximum atomic E-state index is 13.2. The molecule has 2 aromatic carbocycles. The SMILES string of the molecule is C=C(C)C(=O)O.CCCCC(CC)COP(=O)(Oc1ccccc1)Oc1ccccc1. The number of hydrogen-bond donors (Lipinski definition) is 1. The van der Waals surface area contributed by atoms with Crippen molar-refractivity contribution in [2.75, 3.05) is 6.61 Å². The summed E-state index contributed by atoms with van der Waals surface area (Å²) in [5.41, 5.74) is 0.176. The molecule has 0 radical (unpaired) electrons. The standard InChI is InChI=1S/C20H27O4P.C4H6O2/c1-3-5-12-18(4-2)17-22-25(21,23-19-13-8-6-9-14-19)24-20-15-10-7-11-16-20;1-3(2)4(5)6/h6-11,13-16,18H,3-5,12,17H2,1-2H3;1H2,2H3,(H,5,6). The van der Waals surface area contributed by atoms with Gasteiger partial charge in [0.15, 0.2) is 0 Å². The number of aliphatic carboxylic acids is 1. The second-order valence-corrected chi connectivity index (χ2v) is 8.57. The number of phosphoric ester groups is 1. The Balaban J connectivity index is 0.000000703. The van der Waals surface area contributed by atoms with Crippen molar-refractivity contribution in [3.63, 3.8) is 0 Å². The van der Waals surface area contributed by atoms with Crippen LogP contribution in [0, 0.1) is 5.92 Å². The van der Waals surface area contributed by atoms with Gasteiger partial charge in [0.05, 0.1) is 6.61 Å². The van der Waals surface area contributed by atoms with Crippen molar-refractivity contribution in [3.05, 3.63) is 72.8 Å². The maximum absolute atomic E-state index is 13.2. The summed E-state index contributed by atoms with van der Waals surface area (Å²) in [6, 6.07) is 17.9. The van der Waals surface area contributed by atoms with Gasteiger partial charge >= 0.3 is 13.8 Å². The highest BCUT2D eigenvalue weighted by atomic mass is 31.2. The normalized spacial score (nSPS) is 11.6. The predicted octanol–water partition coefficient (Wildman–Crippen LogP) is 7.13. The minimum atomic E-state index is -3.76. The van der Waals surface area contributed by atoms with Crippen molar-refractivity contribution >= 4 is 13.8 Å². The van der Waals surface area contributed by atoms with Gasteiger partial charge < -0.3 is 14.2 Å². The Labute approximate surface area is 185 Å². The van der Waals surface area contributed by atoms with Gasteiger partial charge in [-0.3, -0.25) is 4.52 Å². The van der Waals surface area contributed by atoms with Gasteiger partial charge in [-0.05, 0) is 43.5 Å². The highest BCUT2D eigenvalue weighted by Crippen LogP contribution is 2.50. The molecule has 0 bridgehead atoms. The molecule has 0 fully saturated rings. The van der Waals surface area contributed by atoms with Crippen LogP contribution in [0.2, 0.25) is 0 Å². The van der Waals surface area contributed by atoms with E-state index < -0.39 is 13.8 Å². The summed E-state index contributed by atoms with van der Waals surface area (Å²) < 4.78 is 30.1. The van der Waals surface area contributed by atoms with E-state index in [-0.39, 0.29) is 5.57 Å². The summed E-state index contributed by atoms with van der Waals surface area (Å²) in [5.74, 6) is 0.328. The van der Waals surface area contributed by atoms with Crippen LogP contribution in [-0.2, 0) is 13.9 Å². The summed E-state index contributed by atoms with van der Waals surface area (Å²) >= 11 is 0. The lowest BCUT2D eigenvalue weighted by Crippen LogP contribution is -2.12. The van der Waals surface area contributed by atoms with Crippen molar-refractivity contribution in [3.8, 4) is 11.5 Å². The number of carboxylic acids is 1. The van der Waals surface area contributed by atoms with Gasteiger partial charge in [0, 0.05) is 5.57 Å². The molecular weight excluding hydrogens is 415 g/mol. The minimum absolute atomic E-state index is 0.176. The van der Waals surface area contributed by atoms with Crippen LogP contribution in [-0.4, -0.2) is 17.7 Å². The van der Waals surface area contributed by atoms with Crippen LogP contribution in [0.25, 0.3) is 0 Å². The molecule has 0 heterocycles. The van der Waals surface area contributed by atoms with Crippen LogP contribution < -0.4 is 9.05 Å². The molecular formula is C24H33O6P. The molecule has 0 saturated heterocycles. The topological polar surface area (TPSA) is 82.1 Å². The number of carbonyl (C=O) groups is 1. The number of para-hydroxylation sites is 2. The fourth-order valence-electron chi connectivity index (χ4n) is 2.39. The predicted molar refractivity (Wildman–Crippen MR) is 123 cm³/mol. The van der Waals surface area contributed by atoms with E-state index in [0.717, 1.165) is 25.7 Å². The van der Waals surface area contributed by atoms with Crippen LogP contribution in [0.1, 0.15) is 46.5 Å². The second kappa shape index (κ2) is 14.4. The Morgan fingerprint density at radius 2 is 1.45 bits per heavy atom. The largest absolute Gasteiger partial charge is 0.587 e. The molecule has 2 aromatic rings. The van der Waals surface area contributed by atoms with E-state index in [1.165, 1.54) is 6.92 Å². The lowest BCUT2D eigenvalue weighted by atomic mass is 10.0.